The van der Waals surface area contributed by atoms with E-state index in [1.54, 1.807) is 31.2 Å². The average Bonchev–Trinajstić information content (AvgIpc) is 3.46. The number of rotatable bonds is 6. The molecule has 2 N–H and O–H groups in total. The monoisotopic (exact) mass is 390 g/mol. The molecule has 0 unspecified atom stereocenters. The minimum atomic E-state index is -0.211. The van der Waals surface area contributed by atoms with Crippen LogP contribution in [0.4, 0.5) is 11.4 Å². The topological polar surface area (TPSA) is 97.1 Å². The Morgan fingerprint density at radius 1 is 1.10 bits per heavy atom. The van der Waals surface area contributed by atoms with Crippen LogP contribution in [0.5, 0.6) is 0 Å². The highest BCUT2D eigenvalue weighted by atomic mass is 16.5. The van der Waals surface area contributed by atoms with E-state index in [0.29, 0.717) is 41.0 Å². The number of nitrogens with zero attached hydrogens (tertiary/aromatic N) is 2. The summed E-state index contributed by atoms with van der Waals surface area (Å²) in [7, 11) is 0. The van der Waals surface area contributed by atoms with Crippen LogP contribution >= 0.6 is 0 Å². The van der Waals surface area contributed by atoms with E-state index in [4.69, 9.17) is 4.52 Å². The number of benzene rings is 2. The maximum Gasteiger partial charge on any atom is 0.255 e. The van der Waals surface area contributed by atoms with E-state index in [-0.39, 0.29) is 11.8 Å². The molecular formula is C22H22N4O3. The van der Waals surface area contributed by atoms with Gasteiger partial charge in [-0.1, -0.05) is 24.2 Å². The maximum atomic E-state index is 12.6. The van der Waals surface area contributed by atoms with Gasteiger partial charge in [0.2, 0.25) is 17.6 Å². The minimum Gasteiger partial charge on any atom is -0.339 e. The normalized spacial score (nSPS) is 13.2. The Balaban J connectivity index is 1.43. The van der Waals surface area contributed by atoms with Gasteiger partial charge in [-0.05, 0) is 55.7 Å². The molecule has 1 aromatic heterocycles. The van der Waals surface area contributed by atoms with Crippen molar-refractivity contribution in [3.63, 3.8) is 0 Å². The fraction of sp³-hybridized carbons (Fsp3) is 0.273. The number of amides is 2. The summed E-state index contributed by atoms with van der Waals surface area (Å²) in [6.07, 6.45) is 2.62. The van der Waals surface area contributed by atoms with Gasteiger partial charge in [0.15, 0.2) is 0 Å². The fourth-order valence-corrected chi connectivity index (χ4v) is 2.94. The number of hydrogen-bond acceptors (Lipinski definition) is 5. The van der Waals surface area contributed by atoms with Crippen molar-refractivity contribution in [3.05, 3.63) is 59.5 Å². The van der Waals surface area contributed by atoms with Gasteiger partial charge in [0.25, 0.3) is 5.91 Å². The van der Waals surface area contributed by atoms with Gasteiger partial charge in [-0.2, -0.15) is 4.98 Å². The Bertz CT molecular complexity index is 1050. The molecule has 0 saturated heterocycles. The molecule has 0 bridgehead atoms. The van der Waals surface area contributed by atoms with Gasteiger partial charge in [-0.25, -0.2) is 0 Å². The molecule has 2 aromatic carbocycles. The molecule has 1 saturated carbocycles. The van der Waals surface area contributed by atoms with Gasteiger partial charge in [0.05, 0.1) is 0 Å². The van der Waals surface area contributed by atoms with E-state index in [2.05, 4.69) is 20.8 Å². The molecule has 7 nitrogen and oxygen atoms in total. The molecule has 1 heterocycles. The smallest absolute Gasteiger partial charge is 0.255 e. The Kier molecular flexibility index (Phi) is 5.12. The second-order valence-corrected chi connectivity index (χ2v) is 7.19. The highest BCUT2D eigenvalue weighted by molar-refractivity contribution is 6.05. The number of carbonyl (C=O) groups excluding carboxylic acids is 2. The SMILES string of the molecule is CCC(=O)Nc1ccc(NC(=O)c2ccc(-c3noc(C4CC4)n3)cc2)c(C)c1. The third-order valence-electron chi connectivity index (χ3n) is 4.85. The van der Waals surface area contributed by atoms with Gasteiger partial charge < -0.3 is 15.2 Å². The second-order valence-electron chi connectivity index (χ2n) is 7.19. The van der Waals surface area contributed by atoms with Crippen molar-refractivity contribution in [2.45, 2.75) is 39.0 Å². The van der Waals surface area contributed by atoms with Gasteiger partial charge in [-0.3, -0.25) is 9.59 Å². The van der Waals surface area contributed by atoms with E-state index in [0.717, 1.165) is 24.0 Å². The number of aryl methyl sites for hydroxylation is 1. The molecule has 1 aliphatic rings. The largest absolute Gasteiger partial charge is 0.339 e. The van der Waals surface area contributed by atoms with E-state index in [9.17, 15) is 9.59 Å². The summed E-state index contributed by atoms with van der Waals surface area (Å²) in [5.74, 6) is 1.38. The zero-order valence-corrected chi connectivity index (χ0v) is 16.4. The molecule has 29 heavy (non-hydrogen) atoms. The first kappa shape index (κ1) is 18.9. The summed E-state index contributed by atoms with van der Waals surface area (Å²) in [5.41, 5.74) is 3.61. The summed E-state index contributed by atoms with van der Waals surface area (Å²) >= 11 is 0. The summed E-state index contributed by atoms with van der Waals surface area (Å²) < 4.78 is 5.29. The van der Waals surface area contributed by atoms with Crippen LogP contribution in [0, 0.1) is 6.92 Å². The molecule has 0 spiro atoms. The molecular weight excluding hydrogens is 368 g/mol. The zero-order chi connectivity index (χ0) is 20.4. The van der Waals surface area contributed by atoms with E-state index >= 15 is 0 Å². The van der Waals surface area contributed by atoms with Crippen LogP contribution in [0.15, 0.2) is 47.0 Å². The summed E-state index contributed by atoms with van der Waals surface area (Å²) in [4.78, 5) is 28.5. The number of nitrogens with one attached hydrogen (secondary N) is 2. The Morgan fingerprint density at radius 2 is 1.86 bits per heavy atom. The third kappa shape index (κ3) is 4.34. The number of aromatic nitrogens is 2. The predicted molar refractivity (Wildman–Crippen MR) is 110 cm³/mol. The van der Waals surface area contributed by atoms with Gasteiger partial charge in [0.1, 0.15) is 0 Å². The van der Waals surface area contributed by atoms with Crippen LogP contribution in [0.3, 0.4) is 0 Å². The van der Waals surface area contributed by atoms with Crippen molar-refractivity contribution >= 4 is 23.2 Å². The lowest BCUT2D eigenvalue weighted by Crippen LogP contribution is -2.13. The maximum absolute atomic E-state index is 12.6. The van der Waals surface area contributed by atoms with Crippen molar-refractivity contribution in [3.8, 4) is 11.4 Å². The molecule has 2 amide bonds. The van der Waals surface area contributed by atoms with E-state index < -0.39 is 0 Å². The molecule has 148 valence electrons. The van der Waals surface area contributed by atoms with Crippen LogP contribution in [0.2, 0.25) is 0 Å². The van der Waals surface area contributed by atoms with Gasteiger partial charge in [0, 0.05) is 34.8 Å². The standard InChI is InChI=1S/C22H22N4O3/c1-3-19(27)23-17-10-11-18(13(2)12-17)24-21(28)15-6-4-14(5-7-15)20-25-22(29-26-20)16-8-9-16/h4-7,10-12,16H,3,8-9H2,1-2H3,(H,23,27)(H,24,28). The molecule has 7 heteroatoms. The molecule has 0 aliphatic heterocycles. The molecule has 3 aromatic rings. The molecule has 1 fully saturated rings. The lowest BCUT2D eigenvalue weighted by molar-refractivity contribution is -0.115. The summed E-state index contributed by atoms with van der Waals surface area (Å²) in [5, 5.41) is 9.73. The summed E-state index contributed by atoms with van der Waals surface area (Å²) in [6.45, 7) is 3.68. The van der Waals surface area contributed by atoms with Crippen LogP contribution in [-0.2, 0) is 4.79 Å². The average molecular weight is 390 g/mol. The number of carbonyl (C=O) groups is 2. The van der Waals surface area contributed by atoms with Crippen molar-refractivity contribution in [1.29, 1.82) is 0 Å². The number of hydrogen-bond donors (Lipinski definition) is 2. The van der Waals surface area contributed by atoms with Crippen LogP contribution < -0.4 is 10.6 Å². The minimum absolute atomic E-state index is 0.0490. The lowest BCUT2D eigenvalue weighted by atomic mass is 10.1. The highest BCUT2D eigenvalue weighted by Gasteiger charge is 2.29. The fourth-order valence-electron chi connectivity index (χ4n) is 2.94. The van der Waals surface area contributed by atoms with Gasteiger partial charge in [-0.15, -0.1) is 0 Å². The Labute approximate surface area is 168 Å². The predicted octanol–water partition coefficient (Wildman–Crippen LogP) is 4.52. The molecule has 1 aliphatic carbocycles. The van der Waals surface area contributed by atoms with Crippen molar-refractivity contribution in [2.75, 3.05) is 10.6 Å². The summed E-state index contributed by atoms with van der Waals surface area (Å²) in [6, 6.07) is 12.5. The first-order valence-corrected chi connectivity index (χ1v) is 9.69. The number of anilines is 2. The van der Waals surface area contributed by atoms with Crippen molar-refractivity contribution < 1.29 is 14.1 Å². The first-order chi connectivity index (χ1) is 14.0. The third-order valence-corrected chi connectivity index (χ3v) is 4.85. The molecule has 0 radical (unpaired) electrons. The Hall–Kier alpha value is -3.48. The van der Waals surface area contributed by atoms with E-state index in [1.165, 1.54) is 0 Å². The highest BCUT2D eigenvalue weighted by Crippen LogP contribution is 2.39. The van der Waals surface area contributed by atoms with Crippen LogP contribution in [0.25, 0.3) is 11.4 Å². The van der Waals surface area contributed by atoms with E-state index in [1.807, 2.05) is 25.1 Å². The van der Waals surface area contributed by atoms with Crippen molar-refractivity contribution in [1.82, 2.24) is 10.1 Å². The quantitative estimate of drug-likeness (QED) is 0.645. The lowest BCUT2D eigenvalue weighted by Gasteiger charge is -2.11. The van der Waals surface area contributed by atoms with Gasteiger partial charge >= 0.3 is 0 Å². The zero-order valence-electron chi connectivity index (χ0n) is 16.4. The first-order valence-electron chi connectivity index (χ1n) is 9.69. The Morgan fingerprint density at radius 3 is 2.52 bits per heavy atom. The van der Waals surface area contributed by atoms with Crippen LogP contribution in [-0.4, -0.2) is 22.0 Å². The van der Waals surface area contributed by atoms with Crippen molar-refractivity contribution in [2.24, 2.45) is 0 Å². The second kappa shape index (κ2) is 7.87. The molecule has 0 atom stereocenters. The molecule has 4 rings (SSSR count). The van der Waals surface area contributed by atoms with Crippen LogP contribution in [0.1, 0.15) is 53.9 Å².